The topological polar surface area (TPSA) is 95.2 Å². The number of ketones is 1. The predicted molar refractivity (Wildman–Crippen MR) is 112 cm³/mol. The Bertz CT molecular complexity index is 1320. The number of furan rings is 2. The minimum absolute atomic E-state index is 0.202. The summed E-state index contributed by atoms with van der Waals surface area (Å²) >= 11 is 7.13. The number of nitrogen functional groups attached to an aromatic ring is 1. The van der Waals surface area contributed by atoms with Gasteiger partial charge in [-0.25, -0.2) is 0 Å². The Kier molecular flexibility index (Phi) is 4.19. The molecule has 0 bridgehead atoms. The average molecular weight is 422 g/mol. The van der Waals surface area contributed by atoms with Crippen molar-refractivity contribution in [1.82, 2.24) is 10.2 Å². The lowest BCUT2D eigenvalue weighted by Crippen LogP contribution is -2.02. The molecule has 0 saturated heterocycles. The molecule has 1 aromatic carbocycles. The second-order valence-electron chi connectivity index (χ2n) is 6.24. The lowest BCUT2D eigenvalue weighted by atomic mass is 10.0. The summed E-state index contributed by atoms with van der Waals surface area (Å²) < 4.78 is 11.1. The van der Waals surface area contributed by atoms with Gasteiger partial charge in [0.2, 0.25) is 5.78 Å². The van der Waals surface area contributed by atoms with Crippen molar-refractivity contribution < 1.29 is 13.6 Å². The average Bonchev–Trinajstić information content (AvgIpc) is 3.49. The molecule has 0 amide bonds. The summed E-state index contributed by atoms with van der Waals surface area (Å²) in [5, 5.41) is 9.79. The SMILES string of the molecule is Nc1c(C(=O)c2ccc(Cl)cc2)sc2nnc(-c3ccco3)c(-c3ccco3)c12. The first kappa shape index (κ1) is 17.7. The molecule has 0 fully saturated rings. The molecule has 5 rings (SSSR count). The Morgan fingerprint density at radius 2 is 1.66 bits per heavy atom. The number of nitrogens with zero attached hydrogens (tertiary/aromatic N) is 2. The number of fused-ring (bicyclic) bond motifs is 1. The molecule has 2 N–H and O–H groups in total. The number of thiophene rings is 1. The third kappa shape index (κ3) is 2.91. The van der Waals surface area contributed by atoms with E-state index in [4.69, 9.17) is 26.2 Å². The van der Waals surface area contributed by atoms with Crippen molar-refractivity contribution in [2.75, 3.05) is 5.73 Å². The Labute approximate surface area is 173 Å². The van der Waals surface area contributed by atoms with E-state index in [0.29, 0.717) is 54.1 Å². The molecule has 0 atom stereocenters. The van der Waals surface area contributed by atoms with E-state index in [9.17, 15) is 4.79 Å². The summed E-state index contributed by atoms with van der Waals surface area (Å²) in [5.74, 6) is 0.889. The largest absolute Gasteiger partial charge is 0.464 e. The maximum atomic E-state index is 13.1. The molecule has 0 saturated carbocycles. The molecule has 0 aliphatic carbocycles. The highest BCUT2D eigenvalue weighted by Gasteiger charge is 2.26. The van der Waals surface area contributed by atoms with E-state index in [1.165, 1.54) is 11.3 Å². The van der Waals surface area contributed by atoms with Crippen molar-refractivity contribution in [2.24, 2.45) is 0 Å². The van der Waals surface area contributed by atoms with Gasteiger partial charge in [0.15, 0.2) is 5.76 Å². The summed E-state index contributed by atoms with van der Waals surface area (Å²) in [6.07, 6.45) is 3.12. The van der Waals surface area contributed by atoms with Crippen LogP contribution in [0.5, 0.6) is 0 Å². The Hall–Kier alpha value is -3.42. The molecule has 4 aromatic heterocycles. The summed E-state index contributed by atoms with van der Waals surface area (Å²) in [6.45, 7) is 0. The van der Waals surface area contributed by atoms with Crippen LogP contribution in [0.4, 0.5) is 5.69 Å². The number of carbonyl (C=O) groups is 1. The number of anilines is 1. The van der Waals surface area contributed by atoms with E-state index in [0.717, 1.165) is 0 Å². The molecule has 5 aromatic rings. The molecule has 0 aliphatic heterocycles. The molecule has 6 nitrogen and oxygen atoms in total. The van der Waals surface area contributed by atoms with Gasteiger partial charge in [-0.15, -0.1) is 21.5 Å². The monoisotopic (exact) mass is 421 g/mol. The molecular weight excluding hydrogens is 410 g/mol. The number of benzene rings is 1. The number of halogens is 1. The van der Waals surface area contributed by atoms with Crippen LogP contribution in [0.25, 0.3) is 33.0 Å². The van der Waals surface area contributed by atoms with Crippen molar-refractivity contribution in [3.05, 3.63) is 76.5 Å². The fourth-order valence-corrected chi connectivity index (χ4v) is 4.29. The van der Waals surface area contributed by atoms with Crippen LogP contribution in [0, 0.1) is 0 Å². The third-order valence-electron chi connectivity index (χ3n) is 4.49. The minimum atomic E-state index is -0.202. The van der Waals surface area contributed by atoms with Crippen LogP contribution in [-0.4, -0.2) is 16.0 Å². The van der Waals surface area contributed by atoms with Crippen molar-refractivity contribution in [3.63, 3.8) is 0 Å². The lowest BCUT2D eigenvalue weighted by Gasteiger charge is -2.06. The fourth-order valence-electron chi connectivity index (χ4n) is 3.15. The summed E-state index contributed by atoms with van der Waals surface area (Å²) in [4.78, 5) is 14.0. The lowest BCUT2D eigenvalue weighted by molar-refractivity contribution is 0.104. The smallest absolute Gasteiger partial charge is 0.205 e. The van der Waals surface area contributed by atoms with Gasteiger partial charge in [-0.3, -0.25) is 4.79 Å². The second kappa shape index (κ2) is 6.88. The third-order valence-corrected chi connectivity index (χ3v) is 5.83. The van der Waals surface area contributed by atoms with E-state index in [1.54, 1.807) is 61.1 Å². The number of rotatable bonds is 4. The van der Waals surface area contributed by atoms with E-state index in [1.807, 2.05) is 0 Å². The van der Waals surface area contributed by atoms with Crippen molar-refractivity contribution in [2.45, 2.75) is 0 Å². The summed E-state index contributed by atoms with van der Waals surface area (Å²) in [7, 11) is 0. The molecule has 0 radical (unpaired) electrons. The van der Waals surface area contributed by atoms with E-state index < -0.39 is 0 Å². The highest BCUT2D eigenvalue weighted by atomic mass is 35.5. The van der Waals surface area contributed by atoms with Gasteiger partial charge in [0.05, 0.1) is 29.2 Å². The number of carbonyl (C=O) groups excluding carboxylic acids is 1. The quantitative estimate of drug-likeness (QED) is 0.375. The molecule has 0 unspecified atom stereocenters. The van der Waals surface area contributed by atoms with E-state index in [2.05, 4.69) is 10.2 Å². The summed E-state index contributed by atoms with van der Waals surface area (Å²) in [5.41, 5.74) is 8.42. The zero-order valence-electron chi connectivity index (χ0n) is 14.8. The summed E-state index contributed by atoms with van der Waals surface area (Å²) in [6, 6.07) is 13.8. The molecular formula is C21H12ClN3O3S. The van der Waals surface area contributed by atoms with Crippen LogP contribution in [0.2, 0.25) is 5.02 Å². The normalized spacial score (nSPS) is 11.2. The predicted octanol–water partition coefficient (Wildman–Crippen LogP) is 5.68. The van der Waals surface area contributed by atoms with Crippen molar-refractivity contribution in [1.29, 1.82) is 0 Å². The molecule has 8 heteroatoms. The van der Waals surface area contributed by atoms with Crippen LogP contribution < -0.4 is 5.73 Å². The number of hydrogen-bond acceptors (Lipinski definition) is 7. The molecule has 0 spiro atoms. The number of hydrogen-bond donors (Lipinski definition) is 1. The standard InChI is InChI=1S/C21H12ClN3O3S/c22-12-7-5-11(6-8-12)19(26)20-17(23)16-15(13-3-1-9-27-13)18(14-4-2-10-28-14)24-25-21(16)29-20/h1-10H,23H2. The zero-order valence-corrected chi connectivity index (χ0v) is 16.3. The van der Waals surface area contributed by atoms with Crippen LogP contribution in [0.15, 0.2) is 69.9 Å². The van der Waals surface area contributed by atoms with Crippen LogP contribution in [-0.2, 0) is 0 Å². The molecule has 142 valence electrons. The van der Waals surface area contributed by atoms with Crippen LogP contribution in [0.1, 0.15) is 15.2 Å². The van der Waals surface area contributed by atoms with Gasteiger partial charge >= 0.3 is 0 Å². The van der Waals surface area contributed by atoms with Gasteiger partial charge in [-0.2, -0.15) is 0 Å². The molecule has 0 aliphatic rings. The molecule has 4 heterocycles. The highest BCUT2D eigenvalue weighted by Crippen LogP contribution is 2.43. The Morgan fingerprint density at radius 3 is 2.31 bits per heavy atom. The Balaban J connectivity index is 1.76. The van der Waals surface area contributed by atoms with Gasteiger partial charge in [0.1, 0.15) is 21.2 Å². The van der Waals surface area contributed by atoms with Crippen LogP contribution in [0.3, 0.4) is 0 Å². The number of aromatic nitrogens is 2. The maximum absolute atomic E-state index is 13.1. The first-order valence-electron chi connectivity index (χ1n) is 8.60. The van der Waals surface area contributed by atoms with Gasteiger partial charge in [-0.1, -0.05) is 11.6 Å². The Morgan fingerprint density at radius 1 is 0.966 bits per heavy atom. The van der Waals surface area contributed by atoms with Crippen LogP contribution >= 0.6 is 22.9 Å². The minimum Gasteiger partial charge on any atom is -0.464 e. The van der Waals surface area contributed by atoms with E-state index in [-0.39, 0.29) is 5.78 Å². The first-order chi connectivity index (χ1) is 14.1. The van der Waals surface area contributed by atoms with Crippen molar-refractivity contribution >= 4 is 44.6 Å². The molecule has 29 heavy (non-hydrogen) atoms. The van der Waals surface area contributed by atoms with Gasteiger partial charge < -0.3 is 14.6 Å². The number of nitrogens with two attached hydrogens (primary N) is 1. The van der Waals surface area contributed by atoms with Crippen molar-refractivity contribution in [3.8, 4) is 22.8 Å². The van der Waals surface area contributed by atoms with Gasteiger partial charge in [0, 0.05) is 10.6 Å². The highest BCUT2D eigenvalue weighted by molar-refractivity contribution is 7.21. The zero-order chi connectivity index (χ0) is 20.0. The van der Waals surface area contributed by atoms with E-state index >= 15 is 0 Å². The van der Waals surface area contributed by atoms with Gasteiger partial charge in [0.25, 0.3) is 0 Å². The maximum Gasteiger partial charge on any atom is 0.205 e. The second-order valence-corrected chi connectivity index (χ2v) is 7.67. The first-order valence-corrected chi connectivity index (χ1v) is 9.79. The van der Waals surface area contributed by atoms with Gasteiger partial charge in [-0.05, 0) is 48.5 Å². The fraction of sp³-hybridized carbons (Fsp3) is 0.